The first-order valence-corrected chi connectivity index (χ1v) is 29.9. The highest BCUT2D eigenvalue weighted by Gasteiger charge is 2.51. The van der Waals surface area contributed by atoms with E-state index in [2.05, 4.69) is 55.6 Å². The minimum Gasteiger partial charge on any atom is -0.394 e. The minimum absolute atomic E-state index is 0.243. The van der Waals surface area contributed by atoms with E-state index >= 15 is 0 Å². The van der Waals surface area contributed by atoms with Crippen LogP contribution < -0.4 is 5.32 Å². The number of ether oxygens (including phenoxy) is 4. The number of hydrogen-bond donors (Lipinski definition) is 9. The van der Waals surface area contributed by atoms with Crippen molar-refractivity contribution in [1.29, 1.82) is 0 Å². The summed E-state index contributed by atoms with van der Waals surface area (Å²) >= 11 is 0. The highest BCUT2D eigenvalue weighted by atomic mass is 16.7. The van der Waals surface area contributed by atoms with Crippen molar-refractivity contribution in [1.82, 2.24) is 5.32 Å². The molecule has 9 N–H and O–H groups in total. The second kappa shape index (κ2) is 45.9. The predicted molar refractivity (Wildman–Crippen MR) is 295 cm³/mol. The number of amides is 1. The van der Waals surface area contributed by atoms with Crippen LogP contribution in [0, 0.1) is 0 Å². The normalized spacial score (nSPS) is 25.5. The average Bonchev–Trinajstić information content (AvgIpc) is 3.40. The zero-order valence-electron chi connectivity index (χ0n) is 46.3. The fourth-order valence-corrected chi connectivity index (χ4v) is 9.65. The summed E-state index contributed by atoms with van der Waals surface area (Å²) in [5, 5.41) is 86.6. The molecular formula is C60H109NO13. The molecule has 0 saturated carbocycles. The molecule has 2 saturated heterocycles. The molecule has 0 aromatic heterocycles. The molecule has 74 heavy (non-hydrogen) atoms. The summed E-state index contributed by atoms with van der Waals surface area (Å²) in [6.45, 7) is 2.71. The van der Waals surface area contributed by atoms with Crippen LogP contribution in [0.1, 0.15) is 232 Å². The molecule has 0 radical (unpaired) electrons. The summed E-state index contributed by atoms with van der Waals surface area (Å²) in [7, 11) is 0. The Labute approximate surface area is 448 Å². The van der Waals surface area contributed by atoms with Gasteiger partial charge in [0.2, 0.25) is 5.91 Å². The van der Waals surface area contributed by atoms with Gasteiger partial charge in [-0.2, -0.15) is 0 Å². The maximum atomic E-state index is 13.2. The van der Waals surface area contributed by atoms with E-state index in [1.807, 2.05) is 6.08 Å². The van der Waals surface area contributed by atoms with Gasteiger partial charge in [0.1, 0.15) is 48.8 Å². The van der Waals surface area contributed by atoms with Crippen molar-refractivity contribution in [3.8, 4) is 0 Å². The minimum atomic E-state index is -1.79. The molecule has 1 amide bonds. The molecule has 2 aliphatic heterocycles. The number of aliphatic hydroxyl groups excluding tert-OH is 8. The second-order valence-corrected chi connectivity index (χ2v) is 21.1. The number of rotatable bonds is 47. The fraction of sp³-hybridized carbons (Fsp3) is 0.850. The van der Waals surface area contributed by atoms with Crippen molar-refractivity contribution in [2.24, 2.45) is 0 Å². The first kappa shape index (κ1) is 68.1. The quantitative estimate of drug-likeness (QED) is 0.0205. The number of nitrogens with one attached hydrogen (secondary N) is 1. The van der Waals surface area contributed by atoms with Gasteiger partial charge in [-0.3, -0.25) is 4.79 Å². The van der Waals surface area contributed by atoms with Crippen LogP contribution in [0.4, 0.5) is 0 Å². The zero-order valence-corrected chi connectivity index (χ0v) is 46.3. The van der Waals surface area contributed by atoms with E-state index < -0.39 is 86.8 Å². The topological polar surface area (TPSA) is 228 Å². The lowest BCUT2D eigenvalue weighted by atomic mass is 9.97. The van der Waals surface area contributed by atoms with Gasteiger partial charge in [-0.25, -0.2) is 0 Å². The van der Waals surface area contributed by atoms with Gasteiger partial charge in [0.15, 0.2) is 12.6 Å². The summed E-state index contributed by atoms with van der Waals surface area (Å²) < 4.78 is 22.6. The molecule has 14 nitrogen and oxygen atoms in total. The average molecular weight is 1050 g/mol. The van der Waals surface area contributed by atoms with Crippen molar-refractivity contribution in [3.63, 3.8) is 0 Å². The van der Waals surface area contributed by atoms with Gasteiger partial charge in [0.25, 0.3) is 0 Å². The van der Waals surface area contributed by atoms with E-state index in [1.54, 1.807) is 6.08 Å². The molecule has 2 rings (SSSR count). The molecular weight excluding hydrogens is 943 g/mol. The molecule has 0 spiro atoms. The lowest BCUT2D eigenvalue weighted by Gasteiger charge is -2.46. The highest BCUT2D eigenvalue weighted by molar-refractivity contribution is 5.76. The van der Waals surface area contributed by atoms with Gasteiger partial charge in [0.05, 0.1) is 32.0 Å². The standard InChI is InChI=1S/C60H109NO13/c1-3-5-7-9-11-12-13-14-15-16-17-18-19-20-21-22-23-24-25-26-27-28-29-30-31-32-33-34-35-36-38-40-42-44-52(65)61-48(49(64)43-41-39-37-10-8-6-4-2)47-71-59-57(70)55(68)58(51(46-63)73-59)74-60-56(69)54(67)53(66)50(45-62)72-60/h13-14,16-17,19-20,41,43,48-51,53-60,62-64,66-70H,3-12,15,18,21-40,42,44-47H2,1-2H3,(H,61,65)/b14-13-,17-16-,20-19-,43-41+. The van der Waals surface area contributed by atoms with Gasteiger partial charge in [-0.1, -0.05) is 217 Å². The van der Waals surface area contributed by atoms with Crippen molar-refractivity contribution in [2.75, 3.05) is 19.8 Å². The molecule has 14 heteroatoms. The van der Waals surface area contributed by atoms with Crippen LogP contribution in [0.5, 0.6) is 0 Å². The van der Waals surface area contributed by atoms with Crippen LogP contribution in [0.25, 0.3) is 0 Å². The van der Waals surface area contributed by atoms with E-state index in [0.29, 0.717) is 6.42 Å². The lowest BCUT2D eigenvalue weighted by Crippen LogP contribution is -2.65. The third-order valence-electron chi connectivity index (χ3n) is 14.5. The maximum Gasteiger partial charge on any atom is 0.220 e. The van der Waals surface area contributed by atoms with Gasteiger partial charge < -0.3 is 65.1 Å². The first-order valence-electron chi connectivity index (χ1n) is 29.9. The molecule has 432 valence electrons. The number of carbonyl (C=O) groups excluding carboxylic acids is 1. The Morgan fingerprint density at radius 3 is 1.36 bits per heavy atom. The fourth-order valence-electron chi connectivity index (χ4n) is 9.65. The van der Waals surface area contributed by atoms with Crippen LogP contribution in [-0.2, 0) is 23.7 Å². The molecule has 2 fully saturated rings. The summed E-state index contributed by atoms with van der Waals surface area (Å²) in [4.78, 5) is 13.2. The summed E-state index contributed by atoms with van der Waals surface area (Å²) in [6.07, 6.45) is 40.7. The summed E-state index contributed by atoms with van der Waals surface area (Å²) in [5.74, 6) is -0.243. The van der Waals surface area contributed by atoms with E-state index in [0.717, 1.165) is 64.2 Å². The maximum absolute atomic E-state index is 13.2. The molecule has 0 bridgehead atoms. The lowest BCUT2D eigenvalue weighted by molar-refractivity contribution is -0.359. The third kappa shape index (κ3) is 31.4. The Morgan fingerprint density at radius 2 is 0.892 bits per heavy atom. The molecule has 2 aliphatic rings. The van der Waals surface area contributed by atoms with Crippen LogP contribution in [0.3, 0.4) is 0 Å². The van der Waals surface area contributed by atoms with Gasteiger partial charge in [-0.05, 0) is 57.8 Å². The number of carbonyl (C=O) groups is 1. The zero-order chi connectivity index (χ0) is 53.9. The number of allylic oxidation sites excluding steroid dienone is 7. The van der Waals surface area contributed by atoms with Crippen LogP contribution in [-0.4, -0.2) is 140 Å². The highest BCUT2D eigenvalue weighted by Crippen LogP contribution is 2.30. The van der Waals surface area contributed by atoms with Crippen molar-refractivity contribution >= 4 is 5.91 Å². The van der Waals surface area contributed by atoms with E-state index in [-0.39, 0.29) is 18.9 Å². The SMILES string of the molecule is CCCCCCC/C=C\C/C=C\C/C=C\CCCCCCCCCCCCCCCCCCCCC(=O)NC(COC1OC(CO)C(OC2OC(CO)C(O)C(O)C2O)C(O)C1O)C(O)/C=C/CCCCCCC. The summed E-state index contributed by atoms with van der Waals surface area (Å²) in [5.41, 5.74) is 0. The largest absolute Gasteiger partial charge is 0.394 e. The van der Waals surface area contributed by atoms with E-state index in [4.69, 9.17) is 18.9 Å². The Bertz CT molecular complexity index is 1430. The Morgan fingerprint density at radius 1 is 0.486 bits per heavy atom. The monoisotopic (exact) mass is 1050 g/mol. The van der Waals surface area contributed by atoms with Crippen LogP contribution >= 0.6 is 0 Å². The molecule has 0 aromatic carbocycles. The Balaban J connectivity index is 1.57. The molecule has 12 unspecified atom stereocenters. The number of aliphatic hydroxyl groups is 8. The Kier molecular flexibility index (Phi) is 42.2. The molecule has 2 heterocycles. The van der Waals surface area contributed by atoms with E-state index in [1.165, 1.54) is 141 Å². The van der Waals surface area contributed by atoms with Crippen molar-refractivity contribution in [2.45, 2.75) is 306 Å². The predicted octanol–water partition coefficient (Wildman–Crippen LogP) is 10.0. The first-order chi connectivity index (χ1) is 36.1. The second-order valence-electron chi connectivity index (χ2n) is 21.1. The van der Waals surface area contributed by atoms with Crippen molar-refractivity contribution < 1.29 is 64.6 Å². The van der Waals surface area contributed by atoms with E-state index in [9.17, 15) is 45.6 Å². The smallest absolute Gasteiger partial charge is 0.220 e. The van der Waals surface area contributed by atoms with Crippen molar-refractivity contribution in [3.05, 3.63) is 48.6 Å². The molecule has 0 aliphatic carbocycles. The Hall–Kier alpha value is -2.05. The summed E-state index contributed by atoms with van der Waals surface area (Å²) in [6, 6.07) is -0.911. The number of unbranched alkanes of at least 4 members (excludes halogenated alkanes) is 28. The third-order valence-corrected chi connectivity index (χ3v) is 14.5. The van der Waals surface area contributed by atoms with Crippen LogP contribution in [0.2, 0.25) is 0 Å². The molecule has 0 aromatic rings. The van der Waals surface area contributed by atoms with Gasteiger partial charge >= 0.3 is 0 Å². The number of hydrogen-bond acceptors (Lipinski definition) is 13. The van der Waals surface area contributed by atoms with Crippen LogP contribution in [0.15, 0.2) is 48.6 Å². The van der Waals surface area contributed by atoms with Gasteiger partial charge in [0, 0.05) is 6.42 Å². The van der Waals surface area contributed by atoms with Gasteiger partial charge in [-0.15, -0.1) is 0 Å². The molecule has 12 atom stereocenters.